The van der Waals surface area contributed by atoms with Gasteiger partial charge in [-0.25, -0.2) is 4.98 Å². The second-order valence-electron chi connectivity index (χ2n) is 4.12. The van der Waals surface area contributed by atoms with Crippen LogP contribution in [0.25, 0.3) is 0 Å². The molecule has 0 saturated heterocycles. The van der Waals surface area contributed by atoms with E-state index in [0.29, 0.717) is 27.1 Å². The second-order valence-corrected chi connectivity index (χ2v) is 4.96. The van der Waals surface area contributed by atoms with Crippen LogP contribution in [-0.4, -0.2) is 25.0 Å². The van der Waals surface area contributed by atoms with E-state index in [1.165, 1.54) is 11.1 Å². The molecule has 6 heteroatoms. The van der Waals surface area contributed by atoms with Gasteiger partial charge in [0.15, 0.2) is 5.69 Å². The van der Waals surface area contributed by atoms with Crippen molar-refractivity contribution in [3.63, 3.8) is 0 Å². The number of pyridine rings is 1. The number of anilines is 2. The number of halogens is 2. The lowest BCUT2D eigenvalue weighted by Crippen LogP contribution is -2.28. The Balaban J connectivity index is 2.39. The van der Waals surface area contributed by atoms with E-state index in [1.807, 2.05) is 12.1 Å². The maximum absolute atomic E-state index is 12.5. The molecule has 0 aliphatic carbocycles. The van der Waals surface area contributed by atoms with Crippen molar-refractivity contribution in [1.29, 1.82) is 0 Å². The van der Waals surface area contributed by atoms with Crippen molar-refractivity contribution in [2.45, 2.75) is 0 Å². The number of amides is 1. The molecule has 0 bridgehead atoms. The minimum Gasteiger partial charge on any atom is -0.386 e. The van der Waals surface area contributed by atoms with Crippen LogP contribution in [0.4, 0.5) is 11.4 Å². The predicted molar refractivity (Wildman–Crippen MR) is 83.0 cm³/mol. The first kappa shape index (κ1) is 14.6. The Bertz CT molecular complexity index is 646. The lowest BCUT2D eigenvalue weighted by atomic mass is 10.2. The van der Waals surface area contributed by atoms with E-state index in [0.717, 1.165) is 0 Å². The molecule has 0 fully saturated rings. The van der Waals surface area contributed by atoms with Crippen LogP contribution in [-0.2, 0) is 0 Å². The van der Waals surface area contributed by atoms with Crippen molar-refractivity contribution in [3.05, 3.63) is 52.3 Å². The Hall–Kier alpha value is -1.78. The molecule has 104 valence electrons. The Morgan fingerprint density at radius 2 is 2.00 bits per heavy atom. The summed E-state index contributed by atoms with van der Waals surface area (Å²) in [5, 5.41) is 3.88. The number of benzene rings is 1. The summed E-state index contributed by atoms with van der Waals surface area (Å²) >= 11 is 12.0. The summed E-state index contributed by atoms with van der Waals surface area (Å²) in [4.78, 5) is 18.1. The number of nitrogens with one attached hydrogen (secondary N) is 1. The van der Waals surface area contributed by atoms with Gasteiger partial charge in [-0.3, -0.25) is 4.79 Å². The van der Waals surface area contributed by atoms with Gasteiger partial charge in [-0.15, -0.1) is 0 Å². The quantitative estimate of drug-likeness (QED) is 0.940. The van der Waals surface area contributed by atoms with Gasteiger partial charge >= 0.3 is 0 Å². The lowest BCUT2D eigenvalue weighted by Gasteiger charge is -2.19. The van der Waals surface area contributed by atoms with Gasteiger partial charge in [-0.1, -0.05) is 35.3 Å². The first-order valence-corrected chi connectivity index (χ1v) is 6.66. The van der Waals surface area contributed by atoms with Gasteiger partial charge in [0.2, 0.25) is 0 Å². The molecule has 0 radical (unpaired) electrons. The Labute approximate surface area is 127 Å². The standard InChI is InChI=1S/C14H13Cl2N3O/c1-17-11-7-9(15)8-18-13(11)14(20)19(2)12-6-4-3-5-10(12)16/h3-8,17H,1-2H3. The summed E-state index contributed by atoms with van der Waals surface area (Å²) in [6.45, 7) is 0. The Morgan fingerprint density at radius 1 is 1.30 bits per heavy atom. The molecule has 4 nitrogen and oxygen atoms in total. The topological polar surface area (TPSA) is 45.2 Å². The highest BCUT2D eigenvalue weighted by Crippen LogP contribution is 2.27. The van der Waals surface area contributed by atoms with E-state index in [-0.39, 0.29) is 5.91 Å². The SMILES string of the molecule is CNc1cc(Cl)cnc1C(=O)N(C)c1ccccc1Cl. The average Bonchev–Trinajstić information content (AvgIpc) is 2.46. The van der Waals surface area contributed by atoms with Crippen LogP contribution in [0.3, 0.4) is 0 Å². The number of carbonyl (C=O) groups excluding carboxylic acids is 1. The third-order valence-corrected chi connectivity index (χ3v) is 3.37. The zero-order valence-electron chi connectivity index (χ0n) is 11.0. The summed E-state index contributed by atoms with van der Waals surface area (Å²) in [7, 11) is 3.36. The molecule has 1 heterocycles. The third-order valence-electron chi connectivity index (χ3n) is 2.84. The van der Waals surface area contributed by atoms with E-state index in [9.17, 15) is 4.79 Å². The number of aromatic nitrogens is 1. The van der Waals surface area contributed by atoms with Crippen molar-refractivity contribution in [1.82, 2.24) is 4.98 Å². The average molecular weight is 310 g/mol. The molecule has 0 saturated carbocycles. The van der Waals surface area contributed by atoms with Crippen LogP contribution in [0, 0.1) is 0 Å². The molecule has 2 aromatic rings. The molecule has 1 aromatic heterocycles. The second kappa shape index (κ2) is 6.11. The number of nitrogens with zero attached hydrogens (tertiary/aromatic N) is 2. The van der Waals surface area contributed by atoms with Crippen LogP contribution >= 0.6 is 23.2 Å². The van der Waals surface area contributed by atoms with E-state index in [2.05, 4.69) is 10.3 Å². The number of para-hydroxylation sites is 1. The summed E-state index contributed by atoms with van der Waals surface area (Å²) in [5.74, 6) is -0.265. The highest BCUT2D eigenvalue weighted by atomic mass is 35.5. The fraction of sp³-hybridized carbons (Fsp3) is 0.143. The molecule has 2 rings (SSSR count). The van der Waals surface area contributed by atoms with Gasteiger partial charge in [-0.2, -0.15) is 0 Å². The van der Waals surface area contributed by atoms with E-state index in [1.54, 1.807) is 32.3 Å². The van der Waals surface area contributed by atoms with Crippen molar-refractivity contribution in [2.24, 2.45) is 0 Å². The highest BCUT2D eigenvalue weighted by Gasteiger charge is 2.20. The maximum Gasteiger partial charge on any atom is 0.278 e. The molecule has 1 aromatic carbocycles. The number of hydrogen-bond acceptors (Lipinski definition) is 3. The fourth-order valence-electron chi connectivity index (χ4n) is 1.79. The van der Waals surface area contributed by atoms with Gasteiger partial charge in [0.05, 0.1) is 21.4 Å². The smallest absolute Gasteiger partial charge is 0.278 e. The fourth-order valence-corrected chi connectivity index (χ4v) is 2.21. The Morgan fingerprint density at radius 3 is 2.65 bits per heavy atom. The highest BCUT2D eigenvalue weighted by molar-refractivity contribution is 6.34. The van der Waals surface area contributed by atoms with Crippen molar-refractivity contribution in [2.75, 3.05) is 24.3 Å². The third kappa shape index (κ3) is 2.86. The maximum atomic E-state index is 12.5. The first-order valence-electron chi connectivity index (χ1n) is 5.90. The van der Waals surface area contributed by atoms with Crippen LogP contribution in [0.2, 0.25) is 10.0 Å². The molecule has 0 atom stereocenters. The van der Waals surface area contributed by atoms with Gasteiger partial charge in [-0.05, 0) is 18.2 Å². The normalized spacial score (nSPS) is 10.2. The van der Waals surface area contributed by atoms with Gasteiger partial charge in [0.25, 0.3) is 5.91 Å². The molecular weight excluding hydrogens is 297 g/mol. The zero-order chi connectivity index (χ0) is 14.7. The minimum atomic E-state index is -0.265. The van der Waals surface area contributed by atoms with Gasteiger partial charge in [0, 0.05) is 20.3 Å². The molecular formula is C14H13Cl2N3O. The van der Waals surface area contributed by atoms with Gasteiger partial charge in [0.1, 0.15) is 0 Å². The summed E-state index contributed by atoms with van der Waals surface area (Å²) < 4.78 is 0. The Kier molecular flexibility index (Phi) is 4.47. The van der Waals surface area contributed by atoms with Gasteiger partial charge < -0.3 is 10.2 Å². The molecule has 20 heavy (non-hydrogen) atoms. The monoisotopic (exact) mass is 309 g/mol. The number of hydrogen-bond donors (Lipinski definition) is 1. The summed E-state index contributed by atoms with van der Waals surface area (Å²) in [6.07, 6.45) is 1.44. The molecule has 0 spiro atoms. The summed E-state index contributed by atoms with van der Waals surface area (Å²) in [6, 6.07) is 8.79. The number of carbonyl (C=O) groups is 1. The van der Waals surface area contributed by atoms with Crippen LogP contribution < -0.4 is 10.2 Å². The molecule has 1 N–H and O–H groups in total. The van der Waals surface area contributed by atoms with E-state index >= 15 is 0 Å². The molecule has 1 amide bonds. The predicted octanol–water partition coefficient (Wildman–Crippen LogP) is 3.71. The van der Waals surface area contributed by atoms with E-state index < -0.39 is 0 Å². The molecule has 0 aliphatic rings. The zero-order valence-corrected chi connectivity index (χ0v) is 12.5. The van der Waals surface area contributed by atoms with Crippen molar-refractivity contribution >= 4 is 40.5 Å². The van der Waals surface area contributed by atoms with Crippen LogP contribution in [0.15, 0.2) is 36.5 Å². The van der Waals surface area contributed by atoms with Crippen molar-refractivity contribution < 1.29 is 4.79 Å². The number of rotatable bonds is 3. The van der Waals surface area contributed by atoms with E-state index in [4.69, 9.17) is 23.2 Å². The lowest BCUT2D eigenvalue weighted by molar-refractivity contribution is 0.0989. The summed E-state index contributed by atoms with van der Waals surface area (Å²) in [5.41, 5.74) is 1.48. The first-order chi connectivity index (χ1) is 9.54. The largest absolute Gasteiger partial charge is 0.386 e. The minimum absolute atomic E-state index is 0.265. The van der Waals surface area contributed by atoms with Crippen molar-refractivity contribution in [3.8, 4) is 0 Å². The van der Waals surface area contributed by atoms with Crippen LogP contribution in [0.5, 0.6) is 0 Å². The van der Waals surface area contributed by atoms with Crippen LogP contribution in [0.1, 0.15) is 10.5 Å². The molecule has 0 unspecified atom stereocenters. The molecule has 0 aliphatic heterocycles.